The maximum absolute atomic E-state index is 5.94. The molecule has 3 N–H and O–H groups in total. The second-order valence-corrected chi connectivity index (χ2v) is 5.67. The molecule has 1 aliphatic heterocycles. The van der Waals surface area contributed by atoms with Crippen LogP contribution in [0.3, 0.4) is 0 Å². The van der Waals surface area contributed by atoms with E-state index in [0.717, 1.165) is 18.8 Å². The van der Waals surface area contributed by atoms with Crippen LogP contribution in [0.4, 0.5) is 5.69 Å². The van der Waals surface area contributed by atoms with Gasteiger partial charge in [-0.3, -0.25) is 4.99 Å². The van der Waals surface area contributed by atoms with Crippen molar-refractivity contribution in [2.75, 3.05) is 31.5 Å². The highest BCUT2D eigenvalue weighted by atomic mass is 15.2. The molecule has 4 nitrogen and oxygen atoms in total. The molecule has 20 heavy (non-hydrogen) atoms. The minimum absolute atomic E-state index is 0.506. The number of aliphatic imine (C=N–C) groups is 1. The number of aryl methyl sites for hydroxylation is 2. The number of nitrogens with two attached hydrogens (primary N) is 1. The van der Waals surface area contributed by atoms with E-state index in [0.29, 0.717) is 5.96 Å². The number of guanidine groups is 1. The van der Waals surface area contributed by atoms with Gasteiger partial charge in [-0.1, -0.05) is 12.5 Å². The van der Waals surface area contributed by atoms with Gasteiger partial charge in [-0.15, -0.1) is 0 Å². The van der Waals surface area contributed by atoms with Crippen molar-refractivity contribution in [2.45, 2.75) is 33.1 Å². The van der Waals surface area contributed by atoms with E-state index < -0.39 is 0 Å². The Morgan fingerprint density at radius 2 is 1.80 bits per heavy atom. The van der Waals surface area contributed by atoms with E-state index in [1.54, 1.807) is 0 Å². The molecule has 0 spiro atoms. The van der Waals surface area contributed by atoms with Gasteiger partial charge in [-0.2, -0.15) is 0 Å². The van der Waals surface area contributed by atoms with Crippen molar-refractivity contribution in [3.05, 3.63) is 29.3 Å². The molecule has 1 aromatic rings. The van der Waals surface area contributed by atoms with Gasteiger partial charge in [0.05, 0.1) is 6.54 Å². The topological polar surface area (TPSA) is 53.6 Å². The fourth-order valence-electron chi connectivity index (χ4n) is 2.73. The molecule has 0 aromatic heterocycles. The van der Waals surface area contributed by atoms with Gasteiger partial charge in [-0.25, -0.2) is 0 Å². The van der Waals surface area contributed by atoms with Crippen LogP contribution < -0.4 is 11.1 Å². The third-order valence-electron chi connectivity index (χ3n) is 3.64. The van der Waals surface area contributed by atoms with Crippen LogP contribution in [0.5, 0.6) is 0 Å². The van der Waals surface area contributed by atoms with Gasteiger partial charge in [-0.05, 0) is 63.0 Å². The van der Waals surface area contributed by atoms with E-state index in [4.69, 9.17) is 5.73 Å². The van der Waals surface area contributed by atoms with Gasteiger partial charge in [0.25, 0.3) is 0 Å². The Morgan fingerprint density at radius 1 is 1.15 bits per heavy atom. The molecule has 1 fully saturated rings. The van der Waals surface area contributed by atoms with Crippen LogP contribution in [0, 0.1) is 13.8 Å². The van der Waals surface area contributed by atoms with E-state index in [1.807, 2.05) is 0 Å². The maximum atomic E-state index is 5.94. The number of nitrogens with zero attached hydrogens (tertiary/aromatic N) is 2. The van der Waals surface area contributed by atoms with Gasteiger partial charge in [0.1, 0.15) is 0 Å². The highest BCUT2D eigenvalue weighted by Gasteiger charge is 2.08. The van der Waals surface area contributed by atoms with Crippen molar-refractivity contribution >= 4 is 11.6 Å². The summed E-state index contributed by atoms with van der Waals surface area (Å²) in [7, 11) is 0. The average Bonchev–Trinajstić information content (AvgIpc) is 2.38. The molecule has 1 heterocycles. The lowest BCUT2D eigenvalue weighted by molar-refractivity contribution is 0.235. The summed E-state index contributed by atoms with van der Waals surface area (Å²) in [6.07, 6.45) is 4.01. The number of rotatable bonds is 4. The fourth-order valence-corrected chi connectivity index (χ4v) is 2.73. The number of hydrogen-bond donors (Lipinski definition) is 2. The molecule has 0 saturated carbocycles. The molecule has 0 unspecified atom stereocenters. The van der Waals surface area contributed by atoms with Gasteiger partial charge in [0, 0.05) is 12.2 Å². The molecule has 0 amide bonds. The van der Waals surface area contributed by atoms with E-state index in [1.165, 1.54) is 43.5 Å². The van der Waals surface area contributed by atoms with Crippen LogP contribution in [0.25, 0.3) is 0 Å². The largest absolute Gasteiger partial charge is 0.370 e. The molecule has 1 aromatic carbocycles. The summed E-state index contributed by atoms with van der Waals surface area (Å²) in [6.45, 7) is 8.36. The molecule has 1 saturated heterocycles. The van der Waals surface area contributed by atoms with Crippen LogP contribution >= 0.6 is 0 Å². The second-order valence-electron chi connectivity index (χ2n) is 5.67. The molecular weight excluding hydrogens is 248 g/mol. The van der Waals surface area contributed by atoms with Gasteiger partial charge in [0.2, 0.25) is 0 Å². The number of piperidine rings is 1. The Hall–Kier alpha value is -1.55. The minimum Gasteiger partial charge on any atom is -0.370 e. The highest BCUT2D eigenvalue weighted by molar-refractivity contribution is 5.92. The van der Waals surface area contributed by atoms with Gasteiger partial charge >= 0.3 is 0 Å². The first-order chi connectivity index (χ1) is 9.63. The Balaban J connectivity index is 1.81. The van der Waals surface area contributed by atoms with E-state index in [-0.39, 0.29) is 0 Å². The third-order valence-corrected chi connectivity index (χ3v) is 3.64. The molecule has 0 radical (unpaired) electrons. The van der Waals surface area contributed by atoms with E-state index >= 15 is 0 Å². The van der Waals surface area contributed by atoms with Crippen molar-refractivity contribution in [3.8, 4) is 0 Å². The molecule has 0 bridgehead atoms. The number of likely N-dealkylation sites (tertiary alicyclic amines) is 1. The van der Waals surface area contributed by atoms with E-state index in [9.17, 15) is 0 Å². The monoisotopic (exact) mass is 274 g/mol. The molecular formula is C16H26N4. The fraction of sp³-hybridized carbons (Fsp3) is 0.562. The predicted octanol–water partition coefficient (Wildman–Crippen LogP) is 2.52. The van der Waals surface area contributed by atoms with Crippen LogP contribution in [0.15, 0.2) is 23.2 Å². The summed E-state index contributed by atoms with van der Waals surface area (Å²) in [5.41, 5.74) is 9.42. The Bertz CT molecular complexity index is 441. The van der Waals surface area contributed by atoms with Crippen molar-refractivity contribution < 1.29 is 0 Å². The number of anilines is 1. The number of nitrogens with one attached hydrogen (secondary N) is 1. The Morgan fingerprint density at radius 3 is 2.45 bits per heavy atom. The highest BCUT2D eigenvalue weighted by Crippen LogP contribution is 2.13. The normalized spacial score (nSPS) is 17.2. The van der Waals surface area contributed by atoms with E-state index in [2.05, 4.69) is 47.3 Å². The summed E-state index contributed by atoms with van der Waals surface area (Å²) in [6, 6.07) is 6.31. The molecule has 0 atom stereocenters. The SMILES string of the molecule is Cc1cc(C)cc(NC(N)=NCCN2CCCCC2)c1. The summed E-state index contributed by atoms with van der Waals surface area (Å²) in [4.78, 5) is 6.88. The van der Waals surface area contributed by atoms with Crippen LogP contribution in [0.2, 0.25) is 0 Å². The molecule has 110 valence electrons. The lowest BCUT2D eigenvalue weighted by atomic mass is 10.1. The molecule has 1 aliphatic rings. The molecule has 2 rings (SSSR count). The standard InChI is InChI=1S/C16H26N4/c1-13-10-14(2)12-15(11-13)19-16(17)18-6-9-20-7-4-3-5-8-20/h10-12H,3-9H2,1-2H3,(H3,17,18,19). The minimum atomic E-state index is 0.506. The first-order valence-corrected chi connectivity index (χ1v) is 7.51. The second kappa shape index (κ2) is 7.29. The Labute approximate surface area is 122 Å². The molecule has 0 aliphatic carbocycles. The summed E-state index contributed by atoms with van der Waals surface area (Å²) in [5.74, 6) is 0.506. The van der Waals surface area contributed by atoms with Gasteiger partial charge < -0.3 is 16.0 Å². The van der Waals surface area contributed by atoms with Crippen LogP contribution in [0.1, 0.15) is 30.4 Å². The zero-order valence-electron chi connectivity index (χ0n) is 12.7. The van der Waals surface area contributed by atoms with Crippen molar-refractivity contribution in [2.24, 2.45) is 10.7 Å². The first kappa shape index (κ1) is 14.9. The van der Waals surface area contributed by atoms with Crippen molar-refractivity contribution in [1.29, 1.82) is 0 Å². The smallest absolute Gasteiger partial charge is 0.193 e. The number of benzene rings is 1. The van der Waals surface area contributed by atoms with Crippen LogP contribution in [-0.4, -0.2) is 37.0 Å². The summed E-state index contributed by atoms with van der Waals surface area (Å²) in [5, 5.41) is 3.17. The predicted molar refractivity (Wildman–Crippen MR) is 86.3 cm³/mol. The average molecular weight is 274 g/mol. The lowest BCUT2D eigenvalue weighted by Crippen LogP contribution is -2.32. The molecule has 4 heteroatoms. The Kier molecular flexibility index (Phi) is 5.41. The van der Waals surface area contributed by atoms with Gasteiger partial charge in [0.15, 0.2) is 5.96 Å². The van der Waals surface area contributed by atoms with Crippen LogP contribution in [-0.2, 0) is 0 Å². The number of hydrogen-bond acceptors (Lipinski definition) is 2. The lowest BCUT2D eigenvalue weighted by Gasteiger charge is -2.25. The van der Waals surface area contributed by atoms with Crippen molar-refractivity contribution in [1.82, 2.24) is 4.90 Å². The summed E-state index contributed by atoms with van der Waals surface area (Å²) >= 11 is 0. The zero-order valence-corrected chi connectivity index (χ0v) is 12.7. The van der Waals surface area contributed by atoms with Crippen molar-refractivity contribution in [3.63, 3.8) is 0 Å². The summed E-state index contributed by atoms with van der Waals surface area (Å²) < 4.78 is 0. The third kappa shape index (κ3) is 4.85. The first-order valence-electron chi connectivity index (χ1n) is 7.51. The zero-order chi connectivity index (χ0) is 14.4. The quantitative estimate of drug-likeness (QED) is 0.655. The maximum Gasteiger partial charge on any atom is 0.193 e.